The summed E-state index contributed by atoms with van der Waals surface area (Å²) in [5.74, 6) is 0.0657. The second kappa shape index (κ2) is 8.50. The van der Waals surface area contributed by atoms with Crippen molar-refractivity contribution in [1.82, 2.24) is 5.43 Å². The highest BCUT2D eigenvalue weighted by Crippen LogP contribution is 2.29. The Hall–Kier alpha value is -3.13. The maximum Gasteiger partial charge on any atom is 0.342 e. The first-order valence-corrected chi connectivity index (χ1v) is 9.15. The number of thiophene rings is 1. The molecule has 0 aliphatic heterocycles. The Balaban J connectivity index is 1.65. The fourth-order valence-electron chi connectivity index (χ4n) is 2.46. The van der Waals surface area contributed by atoms with Crippen LogP contribution in [0.2, 0.25) is 0 Å². The molecule has 3 rings (SSSR count). The molecule has 0 fully saturated rings. The molecule has 7 nitrogen and oxygen atoms in total. The Morgan fingerprint density at radius 3 is 2.93 bits per heavy atom. The number of hydrazone groups is 1. The van der Waals surface area contributed by atoms with E-state index in [9.17, 15) is 9.59 Å². The van der Waals surface area contributed by atoms with Crippen LogP contribution in [0.4, 0.5) is 0 Å². The van der Waals surface area contributed by atoms with Crippen molar-refractivity contribution in [1.29, 1.82) is 0 Å². The van der Waals surface area contributed by atoms with Gasteiger partial charge in [-0.25, -0.2) is 10.2 Å². The molecule has 1 aromatic carbocycles. The molecule has 2 aromatic heterocycles. The van der Waals surface area contributed by atoms with E-state index in [0.29, 0.717) is 28.0 Å². The molecular weight excluding hydrogens is 368 g/mol. The van der Waals surface area contributed by atoms with Crippen LogP contribution in [0.25, 0.3) is 11.0 Å². The lowest BCUT2D eigenvalue weighted by molar-refractivity contribution is -0.123. The van der Waals surface area contributed by atoms with Crippen LogP contribution >= 0.6 is 11.3 Å². The number of furan rings is 1. The quantitative estimate of drug-likeness (QED) is 0.381. The van der Waals surface area contributed by atoms with Crippen LogP contribution in [-0.2, 0) is 9.53 Å². The van der Waals surface area contributed by atoms with E-state index >= 15 is 0 Å². The molecule has 0 aliphatic rings. The zero-order chi connectivity index (χ0) is 19.2. The number of hydrogen-bond acceptors (Lipinski definition) is 7. The van der Waals surface area contributed by atoms with Crippen LogP contribution < -0.4 is 10.2 Å². The summed E-state index contributed by atoms with van der Waals surface area (Å²) in [6.07, 6.45) is 1.56. The molecule has 3 aromatic rings. The Morgan fingerprint density at radius 1 is 1.33 bits per heavy atom. The summed E-state index contributed by atoms with van der Waals surface area (Å²) in [6.45, 7) is 3.50. The van der Waals surface area contributed by atoms with Gasteiger partial charge in [0, 0.05) is 10.3 Å². The number of benzene rings is 1. The fraction of sp³-hybridized carbons (Fsp3) is 0.211. The van der Waals surface area contributed by atoms with Gasteiger partial charge in [-0.05, 0) is 43.5 Å². The molecule has 0 aliphatic carbocycles. The number of carbonyl (C=O) groups excluding carboxylic acids is 2. The summed E-state index contributed by atoms with van der Waals surface area (Å²) in [5.41, 5.74) is 3.31. The molecule has 1 N–H and O–H groups in total. The molecule has 0 saturated heterocycles. The highest BCUT2D eigenvalue weighted by Gasteiger charge is 2.20. The van der Waals surface area contributed by atoms with E-state index in [1.54, 1.807) is 38.3 Å². The van der Waals surface area contributed by atoms with Crippen molar-refractivity contribution in [3.05, 3.63) is 51.9 Å². The number of fused-ring (bicyclic) bond motifs is 1. The van der Waals surface area contributed by atoms with Crippen molar-refractivity contribution in [2.45, 2.75) is 13.8 Å². The summed E-state index contributed by atoms with van der Waals surface area (Å²) in [5, 5.41) is 6.37. The number of nitrogens with one attached hydrogen (secondary N) is 1. The highest BCUT2D eigenvalue weighted by atomic mass is 32.1. The zero-order valence-corrected chi connectivity index (χ0v) is 15.7. The van der Waals surface area contributed by atoms with Gasteiger partial charge in [-0.2, -0.15) is 5.10 Å². The van der Waals surface area contributed by atoms with E-state index in [0.717, 1.165) is 4.88 Å². The van der Waals surface area contributed by atoms with Gasteiger partial charge in [-0.15, -0.1) is 11.3 Å². The van der Waals surface area contributed by atoms with E-state index in [2.05, 4.69) is 10.5 Å². The van der Waals surface area contributed by atoms with Crippen LogP contribution in [0.1, 0.15) is 27.9 Å². The van der Waals surface area contributed by atoms with Crippen LogP contribution in [0, 0.1) is 6.92 Å². The van der Waals surface area contributed by atoms with Gasteiger partial charge in [0.05, 0.1) is 12.8 Å². The third-order valence-corrected chi connectivity index (χ3v) is 4.42. The SMILES string of the molecule is CCOC(=O)c1c(C)oc2ccc(OCC(=O)NN=Cc3cccs3)cc12. The minimum atomic E-state index is -0.452. The number of rotatable bonds is 7. The monoisotopic (exact) mass is 386 g/mol. The predicted molar refractivity (Wildman–Crippen MR) is 102 cm³/mol. The minimum absolute atomic E-state index is 0.209. The van der Waals surface area contributed by atoms with Crippen LogP contribution in [0.5, 0.6) is 5.75 Å². The molecule has 0 bridgehead atoms. The van der Waals surface area contributed by atoms with Gasteiger partial charge in [0.15, 0.2) is 6.61 Å². The average molecular weight is 386 g/mol. The largest absolute Gasteiger partial charge is 0.484 e. The number of nitrogens with zero attached hydrogens (tertiary/aromatic N) is 1. The van der Waals surface area contributed by atoms with Crippen molar-refractivity contribution < 1.29 is 23.5 Å². The van der Waals surface area contributed by atoms with E-state index in [1.807, 2.05) is 17.5 Å². The molecule has 140 valence electrons. The maximum atomic E-state index is 12.1. The number of carbonyl (C=O) groups is 2. The van der Waals surface area contributed by atoms with Gasteiger partial charge in [-0.1, -0.05) is 6.07 Å². The molecule has 1 amide bonds. The van der Waals surface area contributed by atoms with Gasteiger partial charge >= 0.3 is 5.97 Å². The molecule has 27 heavy (non-hydrogen) atoms. The van der Waals surface area contributed by atoms with Crippen molar-refractivity contribution in [2.24, 2.45) is 5.10 Å². The lowest BCUT2D eigenvalue weighted by Crippen LogP contribution is -2.24. The van der Waals surface area contributed by atoms with Gasteiger partial charge in [0.1, 0.15) is 22.7 Å². The summed E-state index contributed by atoms with van der Waals surface area (Å²) < 4.78 is 16.1. The molecule has 0 radical (unpaired) electrons. The van der Waals surface area contributed by atoms with E-state index in [-0.39, 0.29) is 13.2 Å². The van der Waals surface area contributed by atoms with Crippen molar-refractivity contribution in [2.75, 3.05) is 13.2 Å². The summed E-state index contributed by atoms with van der Waals surface area (Å²) in [7, 11) is 0. The van der Waals surface area contributed by atoms with E-state index < -0.39 is 11.9 Å². The predicted octanol–water partition coefficient (Wildman–Crippen LogP) is 3.51. The fourth-order valence-corrected chi connectivity index (χ4v) is 3.04. The number of esters is 1. The molecule has 0 unspecified atom stereocenters. The number of aryl methyl sites for hydroxylation is 1. The number of hydrogen-bond donors (Lipinski definition) is 1. The highest BCUT2D eigenvalue weighted by molar-refractivity contribution is 7.11. The van der Waals surface area contributed by atoms with Crippen molar-refractivity contribution in [3.63, 3.8) is 0 Å². The molecule has 8 heteroatoms. The lowest BCUT2D eigenvalue weighted by Gasteiger charge is -2.05. The van der Waals surface area contributed by atoms with Crippen LogP contribution in [-0.4, -0.2) is 31.3 Å². The molecular formula is C19H18N2O5S. The zero-order valence-electron chi connectivity index (χ0n) is 14.9. The maximum absolute atomic E-state index is 12.1. The first kappa shape index (κ1) is 18.7. The van der Waals surface area contributed by atoms with Crippen molar-refractivity contribution in [3.8, 4) is 5.75 Å². The standard InChI is InChI=1S/C19H18N2O5S/c1-3-24-19(23)18-12(2)26-16-7-6-13(9-15(16)18)25-11-17(22)21-20-10-14-5-4-8-27-14/h4-10H,3,11H2,1-2H3,(H,21,22). The Bertz CT molecular complexity index is 976. The van der Waals surface area contributed by atoms with E-state index in [1.165, 1.54) is 11.3 Å². The normalized spacial score (nSPS) is 11.0. The van der Waals surface area contributed by atoms with Gasteiger partial charge in [0.25, 0.3) is 5.91 Å². The number of ether oxygens (including phenoxy) is 2. The summed E-state index contributed by atoms with van der Waals surface area (Å²) in [6, 6.07) is 8.80. The van der Waals surface area contributed by atoms with Crippen molar-refractivity contribution >= 4 is 40.4 Å². The van der Waals surface area contributed by atoms with E-state index in [4.69, 9.17) is 13.9 Å². The van der Waals surface area contributed by atoms with Crippen LogP contribution in [0.15, 0.2) is 45.2 Å². The molecule has 0 atom stereocenters. The topological polar surface area (TPSA) is 90.1 Å². The van der Waals surface area contributed by atoms with Gasteiger partial charge < -0.3 is 13.9 Å². The third-order valence-electron chi connectivity index (χ3n) is 3.61. The smallest absolute Gasteiger partial charge is 0.342 e. The summed E-state index contributed by atoms with van der Waals surface area (Å²) in [4.78, 5) is 24.9. The Morgan fingerprint density at radius 2 is 2.19 bits per heavy atom. The van der Waals surface area contributed by atoms with Gasteiger partial charge in [-0.3, -0.25) is 4.79 Å². The molecule has 0 spiro atoms. The minimum Gasteiger partial charge on any atom is -0.484 e. The average Bonchev–Trinajstić information content (AvgIpc) is 3.26. The van der Waals surface area contributed by atoms with Crippen LogP contribution in [0.3, 0.4) is 0 Å². The third kappa shape index (κ3) is 4.53. The second-order valence-electron chi connectivity index (χ2n) is 5.51. The summed E-state index contributed by atoms with van der Waals surface area (Å²) >= 11 is 1.52. The first-order chi connectivity index (χ1) is 13.1. The second-order valence-corrected chi connectivity index (χ2v) is 6.49. The molecule has 2 heterocycles. The Kier molecular flexibility index (Phi) is 5.87. The number of amides is 1. The molecule has 0 saturated carbocycles. The lowest BCUT2D eigenvalue weighted by atomic mass is 10.1. The first-order valence-electron chi connectivity index (χ1n) is 8.27. The van der Waals surface area contributed by atoms with Gasteiger partial charge in [0.2, 0.25) is 0 Å². The Labute approximate surface area is 159 Å².